The Morgan fingerprint density at radius 1 is 1.50 bits per heavy atom. The van der Waals surface area contributed by atoms with Crippen LogP contribution >= 0.6 is 0 Å². The second-order valence-corrected chi connectivity index (χ2v) is 3.42. The number of hydrogen-bond acceptors (Lipinski definition) is 4. The molecular formula is C12H13NO3. The van der Waals surface area contributed by atoms with Crippen molar-refractivity contribution in [2.24, 2.45) is 5.73 Å². The van der Waals surface area contributed by atoms with Crippen molar-refractivity contribution >= 4 is 16.9 Å². The van der Waals surface area contributed by atoms with Gasteiger partial charge in [-0.3, -0.25) is 0 Å². The first-order valence-corrected chi connectivity index (χ1v) is 5.12. The van der Waals surface area contributed by atoms with Gasteiger partial charge in [-0.1, -0.05) is 18.2 Å². The molecule has 16 heavy (non-hydrogen) atoms. The molecule has 1 heterocycles. The number of carbonyl (C=O) groups excluding carboxylic acids is 1. The summed E-state index contributed by atoms with van der Waals surface area (Å²) in [7, 11) is 0. The summed E-state index contributed by atoms with van der Waals surface area (Å²) in [6, 6.07) is 6.65. The van der Waals surface area contributed by atoms with Gasteiger partial charge in [0.25, 0.3) is 0 Å². The van der Waals surface area contributed by atoms with E-state index in [0.29, 0.717) is 12.2 Å². The third-order valence-corrected chi connectivity index (χ3v) is 2.39. The maximum atomic E-state index is 11.5. The first-order chi connectivity index (χ1) is 7.74. The summed E-state index contributed by atoms with van der Waals surface area (Å²) in [5.41, 5.74) is 7.18. The van der Waals surface area contributed by atoms with Gasteiger partial charge in [-0.15, -0.1) is 0 Å². The van der Waals surface area contributed by atoms with Crippen LogP contribution in [0.1, 0.15) is 18.5 Å². The number of nitrogens with two attached hydrogens (primary N) is 1. The Labute approximate surface area is 93.0 Å². The number of para-hydroxylation sites is 1. The van der Waals surface area contributed by atoms with E-state index in [0.717, 1.165) is 11.0 Å². The Morgan fingerprint density at radius 2 is 2.25 bits per heavy atom. The zero-order valence-corrected chi connectivity index (χ0v) is 8.97. The van der Waals surface area contributed by atoms with E-state index in [1.165, 1.54) is 6.26 Å². The Morgan fingerprint density at radius 3 is 3.00 bits per heavy atom. The Balaban J connectivity index is 2.36. The van der Waals surface area contributed by atoms with E-state index in [2.05, 4.69) is 0 Å². The summed E-state index contributed by atoms with van der Waals surface area (Å²) in [4.78, 5) is 11.5. The molecule has 4 heteroatoms. The van der Waals surface area contributed by atoms with Crippen LogP contribution in [0.4, 0.5) is 0 Å². The van der Waals surface area contributed by atoms with E-state index >= 15 is 0 Å². The highest BCUT2D eigenvalue weighted by Gasteiger charge is 2.21. The second kappa shape index (κ2) is 4.37. The summed E-state index contributed by atoms with van der Waals surface area (Å²) in [5.74, 6) is -0.436. The molecule has 0 saturated heterocycles. The van der Waals surface area contributed by atoms with Gasteiger partial charge < -0.3 is 14.9 Å². The maximum absolute atomic E-state index is 11.5. The molecule has 0 aliphatic carbocycles. The van der Waals surface area contributed by atoms with Gasteiger partial charge in [0.1, 0.15) is 11.6 Å². The number of fused-ring (bicyclic) bond motifs is 1. The van der Waals surface area contributed by atoms with Gasteiger partial charge in [-0.25, -0.2) is 4.79 Å². The van der Waals surface area contributed by atoms with Crippen molar-refractivity contribution in [1.82, 2.24) is 0 Å². The van der Waals surface area contributed by atoms with E-state index in [-0.39, 0.29) is 0 Å². The second-order valence-electron chi connectivity index (χ2n) is 3.42. The highest BCUT2D eigenvalue weighted by atomic mass is 16.5. The molecule has 2 aromatic rings. The molecule has 0 radical (unpaired) electrons. The average Bonchev–Trinajstić information content (AvgIpc) is 2.72. The highest BCUT2D eigenvalue weighted by molar-refractivity contribution is 5.88. The molecule has 2 N–H and O–H groups in total. The zero-order valence-electron chi connectivity index (χ0n) is 8.97. The van der Waals surface area contributed by atoms with Crippen LogP contribution in [-0.2, 0) is 9.53 Å². The first-order valence-electron chi connectivity index (χ1n) is 5.12. The van der Waals surface area contributed by atoms with Crippen LogP contribution in [0.5, 0.6) is 0 Å². The Hall–Kier alpha value is -1.81. The molecule has 0 aliphatic rings. The third kappa shape index (κ3) is 1.79. The van der Waals surface area contributed by atoms with Gasteiger partial charge in [0.2, 0.25) is 0 Å². The summed E-state index contributed by atoms with van der Waals surface area (Å²) in [6.45, 7) is 2.07. The summed E-state index contributed by atoms with van der Waals surface area (Å²) >= 11 is 0. The fourth-order valence-electron chi connectivity index (χ4n) is 1.60. The lowest BCUT2D eigenvalue weighted by atomic mass is 10.1. The molecule has 1 aromatic heterocycles. The fraction of sp³-hybridized carbons (Fsp3) is 0.250. The first kappa shape index (κ1) is 10.7. The standard InChI is InChI=1S/C12H13NO3/c1-2-15-12(14)11(13)9-7-16-10-6-4-3-5-8(9)10/h3-7,11H,2,13H2,1H3. The number of carbonyl (C=O) groups is 1. The van der Waals surface area contributed by atoms with E-state index in [1.807, 2.05) is 24.3 Å². The molecule has 0 amide bonds. The molecule has 1 aromatic carbocycles. The smallest absolute Gasteiger partial charge is 0.327 e. The van der Waals surface area contributed by atoms with Gasteiger partial charge in [0.15, 0.2) is 0 Å². The Bertz CT molecular complexity index is 504. The van der Waals surface area contributed by atoms with E-state index in [9.17, 15) is 4.79 Å². The lowest BCUT2D eigenvalue weighted by Crippen LogP contribution is -2.23. The molecule has 84 valence electrons. The van der Waals surface area contributed by atoms with Crippen LogP contribution in [-0.4, -0.2) is 12.6 Å². The van der Waals surface area contributed by atoms with Crippen molar-refractivity contribution in [2.45, 2.75) is 13.0 Å². The van der Waals surface area contributed by atoms with Crippen LogP contribution in [0.2, 0.25) is 0 Å². The number of esters is 1. The quantitative estimate of drug-likeness (QED) is 0.802. The van der Waals surface area contributed by atoms with Gasteiger partial charge >= 0.3 is 5.97 Å². The fourth-order valence-corrected chi connectivity index (χ4v) is 1.60. The molecule has 0 saturated carbocycles. The highest BCUT2D eigenvalue weighted by Crippen LogP contribution is 2.25. The molecule has 0 spiro atoms. The van der Waals surface area contributed by atoms with Crippen LogP contribution in [0.25, 0.3) is 11.0 Å². The topological polar surface area (TPSA) is 65.5 Å². The minimum absolute atomic E-state index is 0.322. The van der Waals surface area contributed by atoms with Crippen LogP contribution in [0, 0.1) is 0 Å². The van der Waals surface area contributed by atoms with Gasteiger partial charge in [-0.05, 0) is 13.0 Å². The van der Waals surface area contributed by atoms with Crippen molar-refractivity contribution < 1.29 is 13.9 Å². The van der Waals surface area contributed by atoms with Crippen molar-refractivity contribution in [3.63, 3.8) is 0 Å². The Kier molecular flexibility index (Phi) is 2.92. The molecule has 2 rings (SSSR count). The average molecular weight is 219 g/mol. The van der Waals surface area contributed by atoms with E-state index < -0.39 is 12.0 Å². The van der Waals surface area contributed by atoms with Gasteiger partial charge in [-0.2, -0.15) is 0 Å². The number of hydrogen-bond donors (Lipinski definition) is 1. The lowest BCUT2D eigenvalue weighted by Gasteiger charge is -2.08. The van der Waals surface area contributed by atoms with E-state index in [4.69, 9.17) is 14.9 Å². The van der Waals surface area contributed by atoms with Gasteiger partial charge in [0, 0.05) is 10.9 Å². The molecule has 0 bridgehead atoms. The van der Waals surface area contributed by atoms with E-state index in [1.54, 1.807) is 6.92 Å². The SMILES string of the molecule is CCOC(=O)C(N)c1coc2ccccc12. The van der Waals surface area contributed by atoms with Crippen LogP contribution in [0.15, 0.2) is 34.9 Å². The summed E-state index contributed by atoms with van der Waals surface area (Å²) in [6.07, 6.45) is 1.51. The zero-order chi connectivity index (χ0) is 11.5. The monoisotopic (exact) mass is 219 g/mol. The lowest BCUT2D eigenvalue weighted by molar-refractivity contribution is -0.144. The largest absolute Gasteiger partial charge is 0.465 e. The minimum atomic E-state index is -0.788. The van der Waals surface area contributed by atoms with Crippen molar-refractivity contribution in [1.29, 1.82) is 0 Å². The number of furan rings is 1. The summed E-state index contributed by atoms with van der Waals surface area (Å²) < 4.78 is 10.2. The number of benzene rings is 1. The minimum Gasteiger partial charge on any atom is -0.465 e. The molecular weight excluding hydrogens is 206 g/mol. The predicted molar refractivity (Wildman–Crippen MR) is 59.8 cm³/mol. The molecule has 0 fully saturated rings. The number of rotatable bonds is 3. The normalized spacial score (nSPS) is 12.6. The summed E-state index contributed by atoms with van der Waals surface area (Å²) in [5, 5.41) is 0.850. The van der Waals surface area contributed by atoms with Crippen molar-refractivity contribution in [3.8, 4) is 0 Å². The molecule has 0 aliphatic heterocycles. The maximum Gasteiger partial charge on any atom is 0.327 e. The molecule has 1 atom stereocenters. The van der Waals surface area contributed by atoms with Crippen LogP contribution in [0.3, 0.4) is 0 Å². The van der Waals surface area contributed by atoms with Crippen LogP contribution < -0.4 is 5.73 Å². The van der Waals surface area contributed by atoms with Crippen molar-refractivity contribution in [3.05, 3.63) is 36.1 Å². The molecule has 1 unspecified atom stereocenters. The van der Waals surface area contributed by atoms with Crippen molar-refractivity contribution in [2.75, 3.05) is 6.61 Å². The predicted octanol–water partition coefficient (Wildman–Crippen LogP) is 2.00. The molecule has 4 nitrogen and oxygen atoms in total. The third-order valence-electron chi connectivity index (χ3n) is 2.39. The van der Waals surface area contributed by atoms with Gasteiger partial charge in [0.05, 0.1) is 12.9 Å². The number of ether oxygens (including phenoxy) is 1.